The number of nitrogens with two attached hydrogens (primary N) is 1. The molecule has 0 bridgehead atoms. The van der Waals surface area contributed by atoms with Crippen LogP contribution in [0.2, 0.25) is 5.02 Å². The first kappa shape index (κ1) is 12.5. The van der Waals surface area contributed by atoms with E-state index < -0.39 is 0 Å². The fraction of sp³-hybridized carbons (Fsp3) is 0.300. The van der Waals surface area contributed by atoms with Gasteiger partial charge in [-0.05, 0) is 34.5 Å². The van der Waals surface area contributed by atoms with Crippen molar-refractivity contribution >= 4 is 33.4 Å². The smallest absolute Gasteiger partial charge is 0.142 e. The van der Waals surface area contributed by atoms with Gasteiger partial charge in [-0.25, -0.2) is 5.84 Å². The highest BCUT2D eigenvalue weighted by atomic mass is 79.9. The van der Waals surface area contributed by atoms with Crippen molar-refractivity contribution in [3.05, 3.63) is 33.3 Å². The fourth-order valence-corrected chi connectivity index (χ4v) is 1.51. The molecule has 0 saturated heterocycles. The van der Waals surface area contributed by atoms with Gasteiger partial charge in [-0.15, -0.1) is 0 Å². The lowest BCUT2D eigenvalue weighted by Gasteiger charge is -2.06. The molecule has 5 heteroatoms. The van der Waals surface area contributed by atoms with Crippen molar-refractivity contribution in [2.75, 3.05) is 6.54 Å². The summed E-state index contributed by atoms with van der Waals surface area (Å²) in [6.45, 7) is 2.80. The number of halogens is 2. The molecule has 0 aliphatic rings. The van der Waals surface area contributed by atoms with E-state index in [1.165, 1.54) is 0 Å². The molecular formula is C10H13BrClN3. The summed E-state index contributed by atoms with van der Waals surface area (Å²) in [4.78, 5) is 4.31. The van der Waals surface area contributed by atoms with Gasteiger partial charge < -0.3 is 5.43 Å². The molecule has 0 saturated carbocycles. The monoisotopic (exact) mass is 289 g/mol. The first-order valence-corrected chi connectivity index (χ1v) is 5.82. The summed E-state index contributed by atoms with van der Waals surface area (Å²) in [7, 11) is 0. The van der Waals surface area contributed by atoms with Crippen LogP contribution in [0, 0.1) is 0 Å². The SMILES string of the molecule is CCCN=C(NN)c1ccc(Br)c(Cl)c1. The fourth-order valence-electron chi connectivity index (χ4n) is 1.09. The third-order valence-corrected chi connectivity index (χ3v) is 3.06. The van der Waals surface area contributed by atoms with Crippen LogP contribution in [-0.4, -0.2) is 12.4 Å². The van der Waals surface area contributed by atoms with E-state index in [0.717, 1.165) is 23.0 Å². The van der Waals surface area contributed by atoms with Gasteiger partial charge in [0.1, 0.15) is 5.84 Å². The van der Waals surface area contributed by atoms with E-state index in [-0.39, 0.29) is 0 Å². The highest BCUT2D eigenvalue weighted by Crippen LogP contribution is 2.23. The minimum atomic E-state index is 0.645. The number of amidine groups is 1. The second-order valence-electron chi connectivity index (χ2n) is 3.00. The number of hydrogen-bond donors (Lipinski definition) is 2. The second-order valence-corrected chi connectivity index (χ2v) is 4.27. The van der Waals surface area contributed by atoms with Crippen molar-refractivity contribution in [2.24, 2.45) is 10.8 Å². The van der Waals surface area contributed by atoms with E-state index >= 15 is 0 Å². The Kier molecular flexibility index (Phi) is 5.08. The van der Waals surface area contributed by atoms with Crippen LogP contribution in [-0.2, 0) is 0 Å². The van der Waals surface area contributed by atoms with Crippen LogP contribution < -0.4 is 11.3 Å². The highest BCUT2D eigenvalue weighted by molar-refractivity contribution is 9.10. The number of hydrazine groups is 1. The molecule has 3 N–H and O–H groups in total. The Hall–Kier alpha value is -0.580. The average Bonchev–Trinajstić information content (AvgIpc) is 2.24. The second kappa shape index (κ2) is 6.10. The van der Waals surface area contributed by atoms with Crippen molar-refractivity contribution in [1.82, 2.24) is 5.43 Å². The van der Waals surface area contributed by atoms with Gasteiger partial charge >= 0.3 is 0 Å². The molecule has 82 valence electrons. The van der Waals surface area contributed by atoms with Crippen molar-refractivity contribution in [3.8, 4) is 0 Å². The van der Waals surface area contributed by atoms with Crippen molar-refractivity contribution in [1.29, 1.82) is 0 Å². The Bertz CT molecular complexity index is 366. The zero-order valence-electron chi connectivity index (χ0n) is 8.43. The number of benzene rings is 1. The maximum atomic E-state index is 5.98. The van der Waals surface area contributed by atoms with Gasteiger partial charge in [0, 0.05) is 16.6 Å². The lowest BCUT2D eigenvalue weighted by Crippen LogP contribution is -2.31. The minimum Gasteiger partial charge on any atom is -0.308 e. The lowest BCUT2D eigenvalue weighted by atomic mass is 10.2. The summed E-state index contributed by atoms with van der Waals surface area (Å²) in [5, 5.41) is 0.645. The lowest BCUT2D eigenvalue weighted by molar-refractivity contribution is 0.907. The van der Waals surface area contributed by atoms with Crippen LogP contribution in [0.4, 0.5) is 0 Å². The minimum absolute atomic E-state index is 0.645. The maximum Gasteiger partial charge on any atom is 0.142 e. The average molecular weight is 291 g/mol. The first-order chi connectivity index (χ1) is 7.19. The summed E-state index contributed by atoms with van der Waals surface area (Å²) in [5.41, 5.74) is 3.46. The number of aliphatic imine (C=N–C) groups is 1. The van der Waals surface area contributed by atoms with Crippen molar-refractivity contribution in [3.63, 3.8) is 0 Å². The van der Waals surface area contributed by atoms with Gasteiger partial charge in [0.25, 0.3) is 0 Å². The van der Waals surface area contributed by atoms with E-state index in [2.05, 4.69) is 33.3 Å². The molecular weight excluding hydrogens is 277 g/mol. The predicted octanol–water partition coefficient (Wildman–Crippen LogP) is 2.72. The van der Waals surface area contributed by atoms with E-state index in [0.29, 0.717) is 10.9 Å². The van der Waals surface area contributed by atoms with Gasteiger partial charge in [0.2, 0.25) is 0 Å². The van der Waals surface area contributed by atoms with E-state index in [1.807, 2.05) is 18.2 Å². The predicted molar refractivity (Wildman–Crippen MR) is 68.2 cm³/mol. The molecule has 3 nitrogen and oxygen atoms in total. The molecule has 1 aromatic carbocycles. The Balaban J connectivity index is 2.97. The van der Waals surface area contributed by atoms with Gasteiger partial charge in [0.05, 0.1) is 5.02 Å². The third kappa shape index (κ3) is 3.48. The van der Waals surface area contributed by atoms with Gasteiger partial charge in [-0.3, -0.25) is 4.99 Å². The molecule has 0 amide bonds. The van der Waals surface area contributed by atoms with Gasteiger partial charge in [-0.1, -0.05) is 24.6 Å². The molecule has 15 heavy (non-hydrogen) atoms. The summed E-state index contributed by atoms with van der Waals surface area (Å²) < 4.78 is 0.861. The Morgan fingerprint density at radius 3 is 2.87 bits per heavy atom. The zero-order valence-corrected chi connectivity index (χ0v) is 10.8. The number of rotatable bonds is 3. The number of hydrogen-bond acceptors (Lipinski definition) is 2. The standard InChI is InChI=1S/C10H13BrClN3/c1-2-5-14-10(15-13)7-3-4-8(11)9(12)6-7/h3-4,6H,2,5,13H2,1H3,(H,14,15). The van der Waals surface area contributed by atoms with Crippen LogP contribution in [0.15, 0.2) is 27.7 Å². The number of nitrogens with zero attached hydrogens (tertiary/aromatic N) is 1. The van der Waals surface area contributed by atoms with E-state index in [1.54, 1.807) is 0 Å². The van der Waals surface area contributed by atoms with Crippen LogP contribution in [0.25, 0.3) is 0 Å². The quantitative estimate of drug-likeness (QED) is 0.389. The molecule has 0 aliphatic carbocycles. The van der Waals surface area contributed by atoms with Gasteiger partial charge in [-0.2, -0.15) is 0 Å². The largest absolute Gasteiger partial charge is 0.308 e. The third-order valence-electron chi connectivity index (χ3n) is 1.82. The molecule has 0 atom stereocenters. The van der Waals surface area contributed by atoms with Gasteiger partial charge in [0.15, 0.2) is 0 Å². The molecule has 1 rings (SSSR count). The Labute approximate surface area is 103 Å². The van der Waals surface area contributed by atoms with Crippen molar-refractivity contribution in [2.45, 2.75) is 13.3 Å². The molecule has 0 radical (unpaired) electrons. The van der Waals surface area contributed by atoms with E-state index in [9.17, 15) is 0 Å². The molecule has 0 fully saturated rings. The van der Waals surface area contributed by atoms with Crippen LogP contribution in [0.3, 0.4) is 0 Å². The highest BCUT2D eigenvalue weighted by Gasteiger charge is 2.04. The van der Waals surface area contributed by atoms with Crippen LogP contribution in [0.1, 0.15) is 18.9 Å². The molecule has 0 aliphatic heterocycles. The summed E-state index contributed by atoms with van der Waals surface area (Å²) >= 11 is 9.31. The van der Waals surface area contributed by atoms with Crippen molar-refractivity contribution < 1.29 is 0 Å². The normalized spacial score (nSPS) is 11.6. The summed E-state index contributed by atoms with van der Waals surface area (Å²) in [6.07, 6.45) is 0.982. The molecule has 0 aromatic heterocycles. The maximum absolute atomic E-state index is 5.98. The molecule has 1 aromatic rings. The summed E-state index contributed by atoms with van der Waals surface area (Å²) in [6, 6.07) is 5.60. The van der Waals surface area contributed by atoms with E-state index in [4.69, 9.17) is 17.4 Å². The first-order valence-electron chi connectivity index (χ1n) is 4.65. The molecule has 0 unspecified atom stereocenters. The molecule has 0 spiro atoms. The Morgan fingerprint density at radius 1 is 1.60 bits per heavy atom. The van der Waals surface area contributed by atoms with Crippen LogP contribution >= 0.6 is 27.5 Å². The Morgan fingerprint density at radius 2 is 2.33 bits per heavy atom. The molecule has 0 heterocycles. The topological polar surface area (TPSA) is 50.4 Å². The van der Waals surface area contributed by atoms with Crippen LogP contribution in [0.5, 0.6) is 0 Å². The number of nitrogens with one attached hydrogen (secondary N) is 1. The zero-order chi connectivity index (χ0) is 11.3. The summed E-state index contributed by atoms with van der Waals surface area (Å²) in [5.74, 6) is 6.06.